The number of nitrogens with zero attached hydrogens (tertiary/aromatic N) is 3. The zero-order valence-electron chi connectivity index (χ0n) is 11.6. The summed E-state index contributed by atoms with van der Waals surface area (Å²) in [5, 5.41) is 17.9. The van der Waals surface area contributed by atoms with Gasteiger partial charge in [0.2, 0.25) is 0 Å². The van der Waals surface area contributed by atoms with Crippen LogP contribution in [-0.2, 0) is 0 Å². The van der Waals surface area contributed by atoms with E-state index in [1.54, 1.807) is 12.1 Å². The normalized spacial score (nSPS) is 10.8. The fourth-order valence-electron chi connectivity index (χ4n) is 1.74. The maximum absolute atomic E-state index is 11.1. The first-order valence-electron chi connectivity index (χ1n) is 6.39. The Morgan fingerprint density at radius 1 is 1.45 bits per heavy atom. The lowest BCUT2D eigenvalue weighted by molar-refractivity contribution is -0.383. The maximum Gasteiger partial charge on any atom is 0.293 e. The van der Waals surface area contributed by atoms with Crippen molar-refractivity contribution in [3.63, 3.8) is 0 Å². The average molecular weight is 276 g/mol. The molecule has 0 saturated heterocycles. The Morgan fingerprint density at radius 3 is 2.75 bits per heavy atom. The molecule has 0 aliphatic carbocycles. The van der Waals surface area contributed by atoms with Crippen molar-refractivity contribution < 1.29 is 9.45 Å². The van der Waals surface area contributed by atoms with Crippen molar-refractivity contribution >= 4 is 11.4 Å². The van der Waals surface area contributed by atoms with Crippen LogP contribution < -0.4 is 5.32 Å². The molecule has 0 fully saturated rings. The fourth-order valence-corrected chi connectivity index (χ4v) is 1.74. The smallest absolute Gasteiger partial charge is 0.293 e. The van der Waals surface area contributed by atoms with Gasteiger partial charge in [0.05, 0.1) is 4.92 Å². The Balaban J connectivity index is 2.41. The number of rotatable bonds is 5. The molecule has 0 aliphatic heterocycles. The van der Waals surface area contributed by atoms with E-state index in [0.717, 1.165) is 0 Å². The van der Waals surface area contributed by atoms with Gasteiger partial charge in [0.1, 0.15) is 5.69 Å². The minimum Gasteiger partial charge on any atom is -0.380 e. The van der Waals surface area contributed by atoms with Gasteiger partial charge in [0.15, 0.2) is 5.82 Å². The maximum atomic E-state index is 11.1. The molecule has 2 rings (SSSR count). The van der Waals surface area contributed by atoms with Gasteiger partial charge in [0.25, 0.3) is 11.6 Å². The van der Waals surface area contributed by atoms with Crippen molar-refractivity contribution in [1.29, 1.82) is 0 Å². The molecule has 7 heteroatoms. The van der Waals surface area contributed by atoms with E-state index in [1.807, 2.05) is 20.8 Å². The first-order chi connectivity index (χ1) is 9.52. The molecule has 1 N–H and O–H groups in total. The van der Waals surface area contributed by atoms with E-state index in [2.05, 4.69) is 15.5 Å². The standard InChI is InChI=1S/C13H16N4O3/c1-4-14-10-6-5-9(7-11(10)17(18)19)13-15-12(8(2)3)16-20-13/h5-8,14H,4H2,1-3H3. The van der Waals surface area contributed by atoms with Crippen LogP contribution in [0.25, 0.3) is 11.5 Å². The largest absolute Gasteiger partial charge is 0.380 e. The molecule has 106 valence electrons. The number of aromatic nitrogens is 2. The number of nitrogens with one attached hydrogen (secondary N) is 1. The van der Waals surface area contributed by atoms with Crippen LogP contribution >= 0.6 is 0 Å². The minimum absolute atomic E-state index is 0.00588. The van der Waals surface area contributed by atoms with Gasteiger partial charge < -0.3 is 9.84 Å². The van der Waals surface area contributed by atoms with Gasteiger partial charge in [-0.1, -0.05) is 19.0 Å². The van der Waals surface area contributed by atoms with Crippen molar-refractivity contribution in [1.82, 2.24) is 10.1 Å². The monoisotopic (exact) mass is 276 g/mol. The number of nitro benzene ring substituents is 1. The summed E-state index contributed by atoms with van der Waals surface area (Å²) >= 11 is 0. The van der Waals surface area contributed by atoms with E-state index >= 15 is 0 Å². The molecule has 0 amide bonds. The van der Waals surface area contributed by atoms with Gasteiger partial charge in [-0.05, 0) is 19.1 Å². The highest BCUT2D eigenvalue weighted by molar-refractivity contribution is 5.69. The topological polar surface area (TPSA) is 94.1 Å². The summed E-state index contributed by atoms with van der Waals surface area (Å²) in [7, 11) is 0. The summed E-state index contributed by atoms with van der Waals surface area (Å²) in [5.74, 6) is 1.02. The van der Waals surface area contributed by atoms with Crippen molar-refractivity contribution in [3.05, 3.63) is 34.1 Å². The van der Waals surface area contributed by atoms with Crippen molar-refractivity contribution in [3.8, 4) is 11.5 Å². The van der Waals surface area contributed by atoms with Crippen LogP contribution in [0, 0.1) is 10.1 Å². The second kappa shape index (κ2) is 5.68. The summed E-state index contributed by atoms with van der Waals surface area (Å²) in [6.07, 6.45) is 0. The van der Waals surface area contributed by atoms with E-state index in [1.165, 1.54) is 6.07 Å². The van der Waals surface area contributed by atoms with E-state index in [9.17, 15) is 10.1 Å². The van der Waals surface area contributed by atoms with Gasteiger partial charge >= 0.3 is 0 Å². The molecule has 0 atom stereocenters. The Labute approximate surface area is 116 Å². The highest BCUT2D eigenvalue weighted by Crippen LogP contribution is 2.30. The Hall–Kier alpha value is -2.44. The van der Waals surface area contributed by atoms with Crippen LogP contribution in [0.3, 0.4) is 0 Å². The van der Waals surface area contributed by atoms with E-state index in [4.69, 9.17) is 4.52 Å². The van der Waals surface area contributed by atoms with Gasteiger partial charge in [-0.25, -0.2) is 0 Å². The third-order valence-corrected chi connectivity index (χ3v) is 2.77. The molecule has 0 bridgehead atoms. The average Bonchev–Trinajstić information content (AvgIpc) is 2.89. The number of benzene rings is 1. The third kappa shape index (κ3) is 2.76. The predicted octanol–water partition coefficient (Wildman–Crippen LogP) is 3.20. The number of nitro groups is 1. The number of hydrogen-bond donors (Lipinski definition) is 1. The molecule has 0 spiro atoms. The first-order valence-corrected chi connectivity index (χ1v) is 6.39. The molecular formula is C13H16N4O3. The van der Waals surface area contributed by atoms with Crippen LogP contribution in [0.5, 0.6) is 0 Å². The first kappa shape index (κ1) is 14.0. The molecular weight excluding hydrogens is 260 g/mol. The van der Waals surface area contributed by atoms with E-state index in [0.29, 0.717) is 29.5 Å². The van der Waals surface area contributed by atoms with E-state index in [-0.39, 0.29) is 11.6 Å². The molecule has 7 nitrogen and oxygen atoms in total. The van der Waals surface area contributed by atoms with Crippen LogP contribution in [0.4, 0.5) is 11.4 Å². The van der Waals surface area contributed by atoms with Crippen molar-refractivity contribution in [2.45, 2.75) is 26.7 Å². The summed E-state index contributed by atoms with van der Waals surface area (Å²) in [5.41, 5.74) is 1.01. The third-order valence-electron chi connectivity index (χ3n) is 2.77. The molecule has 0 saturated carbocycles. The molecule has 20 heavy (non-hydrogen) atoms. The SMILES string of the molecule is CCNc1ccc(-c2nc(C(C)C)no2)cc1[N+](=O)[O-]. The predicted molar refractivity (Wildman–Crippen MR) is 74.6 cm³/mol. The van der Waals surface area contributed by atoms with Crippen LogP contribution in [0.2, 0.25) is 0 Å². The molecule has 2 aromatic rings. The van der Waals surface area contributed by atoms with Gasteiger partial charge in [-0.3, -0.25) is 10.1 Å². The Bertz CT molecular complexity index is 622. The van der Waals surface area contributed by atoms with Gasteiger partial charge in [-0.15, -0.1) is 0 Å². The highest BCUT2D eigenvalue weighted by atomic mass is 16.6. The highest BCUT2D eigenvalue weighted by Gasteiger charge is 2.18. The molecule has 1 heterocycles. The zero-order valence-corrected chi connectivity index (χ0v) is 11.6. The minimum atomic E-state index is -0.429. The second-order valence-corrected chi connectivity index (χ2v) is 4.63. The van der Waals surface area contributed by atoms with Crippen molar-refractivity contribution in [2.75, 3.05) is 11.9 Å². The van der Waals surface area contributed by atoms with E-state index < -0.39 is 4.92 Å². The fraction of sp³-hybridized carbons (Fsp3) is 0.385. The molecule has 1 aromatic carbocycles. The number of hydrogen-bond acceptors (Lipinski definition) is 6. The molecule has 1 aromatic heterocycles. The quantitative estimate of drug-likeness (QED) is 0.665. The number of anilines is 1. The van der Waals surface area contributed by atoms with Gasteiger partial charge in [0, 0.05) is 24.1 Å². The van der Waals surface area contributed by atoms with Crippen molar-refractivity contribution in [2.24, 2.45) is 0 Å². The Morgan fingerprint density at radius 2 is 2.20 bits per heavy atom. The van der Waals surface area contributed by atoms with Crippen LogP contribution in [0.15, 0.2) is 22.7 Å². The lowest BCUT2D eigenvalue weighted by Crippen LogP contribution is -2.01. The second-order valence-electron chi connectivity index (χ2n) is 4.63. The molecule has 0 aliphatic rings. The van der Waals surface area contributed by atoms with Crippen LogP contribution in [0.1, 0.15) is 32.5 Å². The lowest BCUT2D eigenvalue weighted by Gasteiger charge is -2.04. The summed E-state index contributed by atoms with van der Waals surface area (Å²) < 4.78 is 5.14. The van der Waals surface area contributed by atoms with Gasteiger partial charge in [-0.2, -0.15) is 4.98 Å². The Kier molecular flexibility index (Phi) is 3.97. The summed E-state index contributed by atoms with van der Waals surface area (Å²) in [4.78, 5) is 14.9. The summed E-state index contributed by atoms with van der Waals surface area (Å²) in [6, 6.07) is 4.81. The van der Waals surface area contributed by atoms with Crippen LogP contribution in [-0.4, -0.2) is 21.6 Å². The molecule has 0 radical (unpaired) electrons. The summed E-state index contributed by atoms with van der Waals surface area (Å²) in [6.45, 7) is 6.39. The molecule has 0 unspecified atom stereocenters. The lowest BCUT2D eigenvalue weighted by atomic mass is 10.1. The zero-order chi connectivity index (χ0) is 14.7.